The lowest BCUT2D eigenvalue weighted by atomic mass is 9.74. The molecule has 2 heterocycles. The summed E-state index contributed by atoms with van der Waals surface area (Å²) in [5.74, 6) is 0.273. The summed E-state index contributed by atoms with van der Waals surface area (Å²) in [6, 6.07) is 9.50. The summed E-state index contributed by atoms with van der Waals surface area (Å²) in [7, 11) is -3.65. The third kappa shape index (κ3) is 4.79. The molecule has 0 radical (unpaired) electrons. The van der Waals surface area contributed by atoms with E-state index in [2.05, 4.69) is 4.98 Å². The van der Waals surface area contributed by atoms with E-state index in [1.807, 2.05) is 44.2 Å². The lowest BCUT2D eigenvalue weighted by Crippen LogP contribution is -2.28. The minimum Gasteiger partial charge on any atom is -0.461 e. The van der Waals surface area contributed by atoms with Gasteiger partial charge in [-0.2, -0.15) is 0 Å². The smallest absolute Gasteiger partial charge is 0.348 e. The molecule has 2 aromatic heterocycles. The number of ether oxygens (including phenoxy) is 1. The molecule has 4 rings (SSSR count). The normalized spacial score (nSPS) is 15.3. The molecule has 0 saturated heterocycles. The summed E-state index contributed by atoms with van der Waals surface area (Å²) in [4.78, 5) is 30.3. The highest BCUT2D eigenvalue weighted by atomic mass is 32.2. The minimum atomic E-state index is -3.65. The highest BCUT2D eigenvalue weighted by Crippen LogP contribution is 2.43. The van der Waals surface area contributed by atoms with Gasteiger partial charge in [0.2, 0.25) is 5.89 Å². The van der Waals surface area contributed by atoms with Crippen molar-refractivity contribution in [1.29, 1.82) is 0 Å². The summed E-state index contributed by atoms with van der Waals surface area (Å²) >= 11 is 0.828. The Morgan fingerprint density at radius 2 is 1.91 bits per heavy atom. The van der Waals surface area contributed by atoms with Gasteiger partial charge in [-0.25, -0.2) is 18.2 Å². The fourth-order valence-corrected chi connectivity index (χ4v) is 6.48. The standard InChI is InChI=1S/C24H25NO6S2/c1-14-17(25-21(31-14)15-8-6-5-7-9-15)10-11-30-22(27)20-16-12-24(2,3)13-18(26)19(16)23(32-20)33(4,28)29/h5-9H,10-13H2,1-4H3. The largest absolute Gasteiger partial charge is 0.461 e. The van der Waals surface area contributed by atoms with Gasteiger partial charge in [0.15, 0.2) is 15.6 Å². The molecule has 0 bridgehead atoms. The summed E-state index contributed by atoms with van der Waals surface area (Å²) in [5.41, 5.74) is 1.82. The SMILES string of the molecule is Cc1oc(-c2ccccc2)nc1CCOC(=O)c1sc(S(C)(=O)=O)c2c1CC(C)(C)CC2=O. The molecule has 0 N–H and O–H groups in total. The van der Waals surface area contributed by atoms with E-state index in [4.69, 9.17) is 9.15 Å². The number of esters is 1. The van der Waals surface area contributed by atoms with Crippen LogP contribution in [0, 0.1) is 12.3 Å². The molecule has 0 unspecified atom stereocenters. The van der Waals surface area contributed by atoms with E-state index in [1.165, 1.54) is 0 Å². The first-order chi connectivity index (χ1) is 15.5. The highest BCUT2D eigenvalue weighted by molar-refractivity contribution is 7.92. The van der Waals surface area contributed by atoms with Crippen molar-refractivity contribution in [1.82, 2.24) is 4.98 Å². The predicted molar refractivity (Wildman–Crippen MR) is 125 cm³/mol. The van der Waals surface area contributed by atoms with Crippen molar-refractivity contribution in [2.24, 2.45) is 5.41 Å². The lowest BCUT2D eigenvalue weighted by molar-refractivity contribution is 0.0512. The van der Waals surface area contributed by atoms with Crippen molar-refractivity contribution >= 4 is 32.9 Å². The van der Waals surface area contributed by atoms with E-state index in [1.54, 1.807) is 6.92 Å². The number of nitrogens with zero attached hydrogens (tertiary/aromatic N) is 1. The van der Waals surface area contributed by atoms with Gasteiger partial charge < -0.3 is 9.15 Å². The predicted octanol–water partition coefficient (Wildman–Crippen LogP) is 4.67. The Kier molecular flexibility index (Phi) is 6.05. The first kappa shape index (κ1) is 23.4. The maximum Gasteiger partial charge on any atom is 0.348 e. The van der Waals surface area contributed by atoms with Crippen LogP contribution in [0.1, 0.15) is 57.3 Å². The van der Waals surface area contributed by atoms with Crippen molar-refractivity contribution in [3.05, 3.63) is 57.8 Å². The van der Waals surface area contributed by atoms with Crippen molar-refractivity contribution in [3.63, 3.8) is 0 Å². The number of Topliss-reactive ketones (excluding diaryl/α,β-unsaturated/α-hetero) is 1. The van der Waals surface area contributed by atoms with Gasteiger partial charge in [-0.15, -0.1) is 11.3 Å². The molecule has 0 atom stereocenters. The van der Waals surface area contributed by atoms with Crippen LogP contribution in [0.2, 0.25) is 0 Å². The molecule has 0 amide bonds. The Hall–Kier alpha value is -2.78. The van der Waals surface area contributed by atoms with Gasteiger partial charge in [0.25, 0.3) is 0 Å². The Labute approximate surface area is 196 Å². The molecular weight excluding hydrogens is 462 g/mol. The number of hydrogen-bond acceptors (Lipinski definition) is 8. The van der Waals surface area contributed by atoms with Crippen LogP contribution in [0.25, 0.3) is 11.5 Å². The number of sulfone groups is 1. The van der Waals surface area contributed by atoms with Gasteiger partial charge in [-0.1, -0.05) is 32.0 Å². The van der Waals surface area contributed by atoms with Crippen LogP contribution in [0.5, 0.6) is 0 Å². The molecule has 1 aliphatic rings. The van der Waals surface area contributed by atoms with Crippen LogP contribution in [0.3, 0.4) is 0 Å². The molecule has 0 spiro atoms. The highest BCUT2D eigenvalue weighted by Gasteiger charge is 2.40. The van der Waals surface area contributed by atoms with Crippen molar-refractivity contribution in [3.8, 4) is 11.5 Å². The number of hydrogen-bond donors (Lipinski definition) is 0. The quantitative estimate of drug-likeness (QED) is 0.465. The third-order valence-electron chi connectivity index (χ3n) is 5.56. The van der Waals surface area contributed by atoms with E-state index in [9.17, 15) is 18.0 Å². The number of benzene rings is 1. The Balaban J connectivity index is 1.53. The van der Waals surface area contributed by atoms with E-state index in [0.29, 0.717) is 35.7 Å². The minimum absolute atomic E-state index is 0.0511. The van der Waals surface area contributed by atoms with E-state index in [0.717, 1.165) is 23.2 Å². The average molecular weight is 488 g/mol. The molecule has 0 saturated carbocycles. The molecule has 174 valence electrons. The molecule has 1 aromatic carbocycles. The van der Waals surface area contributed by atoms with E-state index >= 15 is 0 Å². The Morgan fingerprint density at radius 1 is 1.21 bits per heavy atom. The van der Waals surface area contributed by atoms with E-state index in [-0.39, 0.29) is 38.9 Å². The number of oxazole rings is 1. The molecule has 1 aliphatic carbocycles. The van der Waals surface area contributed by atoms with Gasteiger partial charge in [0.1, 0.15) is 14.8 Å². The molecular formula is C24H25NO6S2. The maximum absolute atomic E-state index is 12.9. The van der Waals surface area contributed by atoms with Crippen molar-refractivity contribution < 1.29 is 27.2 Å². The van der Waals surface area contributed by atoms with Gasteiger partial charge >= 0.3 is 5.97 Å². The Morgan fingerprint density at radius 3 is 2.58 bits per heavy atom. The molecule has 7 nitrogen and oxygen atoms in total. The monoisotopic (exact) mass is 487 g/mol. The summed E-state index contributed by atoms with van der Waals surface area (Å²) in [6.45, 7) is 5.72. The van der Waals surface area contributed by atoms with Gasteiger partial charge in [0, 0.05) is 24.7 Å². The van der Waals surface area contributed by atoms with Crippen molar-refractivity contribution in [2.45, 2.75) is 44.2 Å². The average Bonchev–Trinajstić information content (AvgIpc) is 3.29. The Bertz CT molecular complexity index is 1330. The second-order valence-corrected chi connectivity index (χ2v) is 12.3. The van der Waals surface area contributed by atoms with Crippen LogP contribution >= 0.6 is 11.3 Å². The van der Waals surface area contributed by atoms with Crippen molar-refractivity contribution in [2.75, 3.05) is 12.9 Å². The molecule has 0 fully saturated rings. The maximum atomic E-state index is 12.9. The number of carbonyl (C=O) groups excluding carboxylic acids is 2. The van der Waals surface area contributed by atoms with Crippen LogP contribution in [0.4, 0.5) is 0 Å². The molecule has 33 heavy (non-hydrogen) atoms. The number of aromatic nitrogens is 1. The van der Waals surface area contributed by atoms with Gasteiger partial charge in [-0.3, -0.25) is 4.79 Å². The number of aryl methyl sites for hydroxylation is 1. The number of carbonyl (C=O) groups is 2. The zero-order valence-corrected chi connectivity index (χ0v) is 20.6. The fourth-order valence-electron chi connectivity index (χ4n) is 4.05. The zero-order chi connectivity index (χ0) is 24.0. The van der Waals surface area contributed by atoms with Gasteiger partial charge in [0.05, 0.1) is 17.9 Å². The number of ketones is 1. The second-order valence-electron chi connectivity index (χ2n) is 9.06. The first-order valence-corrected chi connectivity index (χ1v) is 13.2. The van der Waals surface area contributed by atoms with Crippen LogP contribution in [-0.2, 0) is 27.4 Å². The van der Waals surface area contributed by atoms with Crippen LogP contribution in [-0.4, -0.2) is 38.0 Å². The van der Waals surface area contributed by atoms with Crippen LogP contribution < -0.4 is 0 Å². The van der Waals surface area contributed by atoms with E-state index < -0.39 is 15.8 Å². The van der Waals surface area contributed by atoms with Crippen LogP contribution in [0.15, 0.2) is 39.0 Å². The number of thiophene rings is 1. The third-order valence-corrected chi connectivity index (χ3v) is 8.60. The molecule has 0 aliphatic heterocycles. The molecule has 3 aromatic rings. The second kappa shape index (κ2) is 8.53. The topological polar surface area (TPSA) is 104 Å². The fraction of sp³-hybridized carbons (Fsp3) is 0.375. The summed E-state index contributed by atoms with van der Waals surface area (Å²) < 4.78 is 35.8. The summed E-state index contributed by atoms with van der Waals surface area (Å²) in [6.07, 6.45) is 2.08. The molecule has 9 heteroatoms. The zero-order valence-electron chi connectivity index (χ0n) is 18.9. The number of fused-ring (bicyclic) bond motifs is 1. The van der Waals surface area contributed by atoms with Gasteiger partial charge in [-0.05, 0) is 36.5 Å². The lowest BCUT2D eigenvalue weighted by Gasteiger charge is -2.29. The first-order valence-electron chi connectivity index (χ1n) is 10.5. The summed E-state index contributed by atoms with van der Waals surface area (Å²) in [5, 5.41) is 0. The number of rotatable bonds is 6.